The Morgan fingerprint density at radius 1 is 1.21 bits per heavy atom. The maximum Gasteiger partial charge on any atom is 0.243 e. The molecule has 0 atom stereocenters. The van der Waals surface area contributed by atoms with E-state index in [0.717, 1.165) is 31.5 Å². The minimum absolute atomic E-state index is 0.00525. The maximum atomic E-state index is 11.5. The number of nitrogens with one attached hydrogen (secondary N) is 1. The molecule has 0 bridgehead atoms. The van der Waals surface area contributed by atoms with Crippen LogP contribution in [0.3, 0.4) is 0 Å². The predicted octanol–water partition coefficient (Wildman–Crippen LogP) is 3.18. The lowest BCUT2D eigenvalue weighted by atomic mass is 10.1. The van der Waals surface area contributed by atoms with Gasteiger partial charge >= 0.3 is 0 Å². The molecule has 0 radical (unpaired) electrons. The average molecular weight is 280 g/mol. The molecule has 0 aliphatic carbocycles. The number of hydrogen-bond acceptors (Lipinski definition) is 3. The summed E-state index contributed by atoms with van der Waals surface area (Å²) in [6.07, 6.45) is 10.5. The molecule has 1 aromatic heterocycles. The molecule has 0 saturated carbocycles. The van der Waals surface area contributed by atoms with E-state index in [0.29, 0.717) is 0 Å². The Kier molecular flexibility index (Phi) is 9.02. The SMILES string of the molecule is NCCCCCCCCNC(=O)C=Cc1ccsc1. The van der Waals surface area contributed by atoms with Crippen molar-refractivity contribution in [3.63, 3.8) is 0 Å². The first-order chi connectivity index (χ1) is 9.33. The molecular formula is C15H24N2OS. The van der Waals surface area contributed by atoms with Crippen molar-refractivity contribution in [1.82, 2.24) is 5.32 Å². The summed E-state index contributed by atoms with van der Waals surface area (Å²) in [5.74, 6) is -0.00525. The van der Waals surface area contributed by atoms with Crippen LogP contribution in [0.15, 0.2) is 22.9 Å². The third-order valence-electron chi connectivity index (χ3n) is 2.90. The zero-order chi connectivity index (χ0) is 13.8. The Bertz CT molecular complexity index is 360. The summed E-state index contributed by atoms with van der Waals surface area (Å²) in [4.78, 5) is 11.5. The number of amides is 1. The number of rotatable bonds is 10. The summed E-state index contributed by atoms with van der Waals surface area (Å²) in [5.41, 5.74) is 6.52. The number of carbonyl (C=O) groups excluding carboxylic acids is 1. The summed E-state index contributed by atoms with van der Waals surface area (Å²) in [5, 5.41) is 6.93. The molecule has 0 aliphatic rings. The fourth-order valence-corrected chi connectivity index (χ4v) is 2.42. The highest BCUT2D eigenvalue weighted by Crippen LogP contribution is 2.07. The van der Waals surface area contributed by atoms with Crippen LogP contribution in [0.25, 0.3) is 6.08 Å². The molecule has 106 valence electrons. The predicted molar refractivity (Wildman–Crippen MR) is 83.1 cm³/mol. The van der Waals surface area contributed by atoms with Crippen molar-refractivity contribution in [2.45, 2.75) is 38.5 Å². The zero-order valence-electron chi connectivity index (χ0n) is 11.4. The molecule has 19 heavy (non-hydrogen) atoms. The van der Waals surface area contributed by atoms with Crippen LogP contribution < -0.4 is 11.1 Å². The molecule has 1 heterocycles. The number of unbranched alkanes of at least 4 members (excludes halogenated alkanes) is 5. The van der Waals surface area contributed by atoms with E-state index in [1.165, 1.54) is 25.7 Å². The molecule has 0 unspecified atom stereocenters. The van der Waals surface area contributed by atoms with Gasteiger partial charge in [0.15, 0.2) is 0 Å². The van der Waals surface area contributed by atoms with Gasteiger partial charge in [-0.15, -0.1) is 0 Å². The summed E-state index contributed by atoms with van der Waals surface area (Å²) < 4.78 is 0. The minimum atomic E-state index is -0.00525. The fourth-order valence-electron chi connectivity index (χ4n) is 1.79. The van der Waals surface area contributed by atoms with Gasteiger partial charge in [0.2, 0.25) is 5.91 Å². The first kappa shape index (κ1) is 15.9. The molecular weight excluding hydrogens is 256 g/mol. The first-order valence-electron chi connectivity index (χ1n) is 7.01. The van der Waals surface area contributed by atoms with E-state index in [2.05, 4.69) is 5.32 Å². The Morgan fingerprint density at radius 3 is 2.63 bits per heavy atom. The summed E-state index contributed by atoms with van der Waals surface area (Å²) >= 11 is 1.63. The monoisotopic (exact) mass is 280 g/mol. The van der Waals surface area contributed by atoms with Crippen LogP contribution in [0.1, 0.15) is 44.1 Å². The minimum Gasteiger partial charge on any atom is -0.353 e. The topological polar surface area (TPSA) is 55.1 Å². The smallest absolute Gasteiger partial charge is 0.243 e. The summed E-state index contributed by atoms with van der Waals surface area (Å²) in [7, 11) is 0. The van der Waals surface area contributed by atoms with Gasteiger partial charge in [-0.25, -0.2) is 0 Å². The fraction of sp³-hybridized carbons (Fsp3) is 0.533. The van der Waals surface area contributed by atoms with E-state index in [1.54, 1.807) is 17.4 Å². The summed E-state index contributed by atoms with van der Waals surface area (Å²) in [6, 6.07) is 2.00. The quantitative estimate of drug-likeness (QED) is 0.511. The molecule has 0 spiro atoms. The van der Waals surface area contributed by atoms with E-state index in [4.69, 9.17) is 5.73 Å². The molecule has 1 amide bonds. The van der Waals surface area contributed by atoms with Crippen molar-refractivity contribution in [3.05, 3.63) is 28.5 Å². The number of hydrogen-bond donors (Lipinski definition) is 2. The second-order valence-corrected chi connectivity index (χ2v) is 5.37. The van der Waals surface area contributed by atoms with Crippen molar-refractivity contribution in [1.29, 1.82) is 0 Å². The van der Waals surface area contributed by atoms with E-state index < -0.39 is 0 Å². The van der Waals surface area contributed by atoms with E-state index in [-0.39, 0.29) is 5.91 Å². The van der Waals surface area contributed by atoms with Gasteiger partial charge in [0.1, 0.15) is 0 Å². The number of nitrogens with two attached hydrogens (primary N) is 1. The standard InChI is InChI=1S/C15H24N2OS/c16-10-5-3-1-2-4-6-11-17-15(18)8-7-14-9-12-19-13-14/h7-9,12-13H,1-6,10-11,16H2,(H,17,18). The van der Waals surface area contributed by atoms with Gasteiger partial charge < -0.3 is 11.1 Å². The molecule has 0 aliphatic heterocycles. The van der Waals surface area contributed by atoms with Crippen LogP contribution in [0, 0.1) is 0 Å². The Labute approximate surface area is 119 Å². The number of thiophene rings is 1. The molecule has 3 nitrogen and oxygen atoms in total. The second-order valence-electron chi connectivity index (χ2n) is 4.59. The molecule has 3 N–H and O–H groups in total. The van der Waals surface area contributed by atoms with Gasteiger partial charge in [-0.1, -0.05) is 25.7 Å². The van der Waals surface area contributed by atoms with Crippen molar-refractivity contribution >= 4 is 23.3 Å². The maximum absolute atomic E-state index is 11.5. The summed E-state index contributed by atoms with van der Waals surface area (Å²) in [6.45, 7) is 1.57. The van der Waals surface area contributed by atoms with Gasteiger partial charge in [-0.2, -0.15) is 11.3 Å². The van der Waals surface area contributed by atoms with E-state index in [9.17, 15) is 4.79 Å². The van der Waals surface area contributed by atoms with Crippen molar-refractivity contribution < 1.29 is 4.79 Å². The molecule has 1 aromatic rings. The largest absolute Gasteiger partial charge is 0.353 e. The van der Waals surface area contributed by atoms with Gasteiger partial charge in [0.25, 0.3) is 0 Å². The van der Waals surface area contributed by atoms with Crippen molar-refractivity contribution in [3.8, 4) is 0 Å². The zero-order valence-corrected chi connectivity index (χ0v) is 12.3. The van der Waals surface area contributed by atoms with Crippen LogP contribution in [-0.2, 0) is 4.79 Å². The Hall–Kier alpha value is -1.13. The van der Waals surface area contributed by atoms with Crippen LogP contribution in [0.2, 0.25) is 0 Å². The first-order valence-corrected chi connectivity index (χ1v) is 7.95. The van der Waals surface area contributed by atoms with Gasteiger partial charge in [0.05, 0.1) is 0 Å². The number of carbonyl (C=O) groups is 1. The normalized spacial score (nSPS) is 11.0. The van der Waals surface area contributed by atoms with Crippen LogP contribution in [-0.4, -0.2) is 19.0 Å². The molecule has 0 fully saturated rings. The van der Waals surface area contributed by atoms with Crippen LogP contribution >= 0.6 is 11.3 Å². The lowest BCUT2D eigenvalue weighted by molar-refractivity contribution is -0.116. The highest BCUT2D eigenvalue weighted by molar-refractivity contribution is 7.08. The van der Waals surface area contributed by atoms with Crippen molar-refractivity contribution in [2.75, 3.05) is 13.1 Å². The highest BCUT2D eigenvalue weighted by Gasteiger charge is 1.95. The lowest BCUT2D eigenvalue weighted by Gasteiger charge is -2.02. The highest BCUT2D eigenvalue weighted by atomic mass is 32.1. The molecule has 4 heteroatoms. The van der Waals surface area contributed by atoms with Gasteiger partial charge in [-0.3, -0.25) is 4.79 Å². The average Bonchev–Trinajstić information content (AvgIpc) is 2.93. The van der Waals surface area contributed by atoms with E-state index >= 15 is 0 Å². The van der Waals surface area contributed by atoms with Gasteiger partial charge in [0, 0.05) is 12.6 Å². The van der Waals surface area contributed by atoms with Gasteiger partial charge in [-0.05, 0) is 47.9 Å². The third-order valence-corrected chi connectivity index (χ3v) is 3.60. The molecule has 1 rings (SSSR count). The molecule has 0 saturated heterocycles. The Balaban J connectivity index is 1.96. The van der Waals surface area contributed by atoms with Crippen LogP contribution in [0.4, 0.5) is 0 Å². The Morgan fingerprint density at radius 2 is 1.95 bits per heavy atom. The molecule has 0 aromatic carbocycles. The van der Waals surface area contributed by atoms with Crippen LogP contribution in [0.5, 0.6) is 0 Å². The van der Waals surface area contributed by atoms with Crippen molar-refractivity contribution in [2.24, 2.45) is 5.73 Å². The second kappa shape index (κ2) is 10.8. The third kappa shape index (κ3) is 8.56. The van der Waals surface area contributed by atoms with E-state index in [1.807, 2.05) is 22.9 Å². The lowest BCUT2D eigenvalue weighted by Crippen LogP contribution is -2.21.